The molecule has 0 aliphatic heterocycles. The van der Waals surface area contributed by atoms with E-state index in [1.54, 1.807) is 0 Å². The summed E-state index contributed by atoms with van der Waals surface area (Å²) >= 11 is 0. The summed E-state index contributed by atoms with van der Waals surface area (Å²) in [4.78, 5) is 0. The van der Waals surface area contributed by atoms with E-state index in [1.165, 1.54) is 113 Å². The molecule has 2 aromatic heterocycles. The Hall–Kier alpha value is -1.70. The van der Waals surface area contributed by atoms with Gasteiger partial charge in [-0.25, -0.2) is 9.13 Å². The zero-order valence-corrected chi connectivity index (χ0v) is 23.5. The molecule has 0 atom stereocenters. The van der Waals surface area contributed by atoms with Crippen LogP contribution in [0.15, 0.2) is 42.7 Å². The first-order valence-corrected chi connectivity index (χ1v) is 14.5. The summed E-state index contributed by atoms with van der Waals surface area (Å²) < 4.78 is 4.58. The molecule has 0 aliphatic carbocycles. The molecule has 0 radical (unpaired) electrons. The van der Waals surface area contributed by atoms with Crippen molar-refractivity contribution in [1.29, 1.82) is 0 Å². The largest absolute Gasteiger partial charge is 0.205 e. The fourth-order valence-corrected chi connectivity index (χ4v) is 4.48. The molecule has 0 fully saturated rings. The van der Waals surface area contributed by atoms with Gasteiger partial charge in [-0.2, -0.15) is 0 Å². The van der Waals surface area contributed by atoms with Gasteiger partial charge in [0.15, 0.2) is 23.8 Å². The van der Waals surface area contributed by atoms with Crippen LogP contribution in [0.1, 0.15) is 128 Å². The van der Waals surface area contributed by atoms with Gasteiger partial charge in [0.05, 0.1) is 0 Å². The molecule has 0 saturated heterocycles. The van der Waals surface area contributed by atoms with E-state index in [9.17, 15) is 0 Å². The molecule has 34 heavy (non-hydrogen) atoms. The van der Waals surface area contributed by atoms with E-state index in [0.29, 0.717) is 0 Å². The lowest BCUT2D eigenvalue weighted by atomic mass is 10.0. The fraction of sp³-hybridized carbons (Fsp3) is 0.688. The third-order valence-corrected chi connectivity index (χ3v) is 7.01. The van der Waals surface area contributed by atoms with Gasteiger partial charge in [0.1, 0.15) is 13.6 Å². The van der Waals surface area contributed by atoms with Gasteiger partial charge in [-0.1, -0.05) is 104 Å². The highest BCUT2D eigenvalue weighted by Crippen LogP contribution is 2.13. The van der Waals surface area contributed by atoms with E-state index in [4.69, 9.17) is 0 Å². The third-order valence-electron chi connectivity index (χ3n) is 7.01. The van der Waals surface area contributed by atoms with Crippen molar-refractivity contribution >= 4 is 0 Å². The highest BCUT2D eigenvalue weighted by molar-refractivity contribution is 5.08. The molecule has 2 nitrogen and oxygen atoms in total. The quantitative estimate of drug-likeness (QED) is 0.163. The van der Waals surface area contributed by atoms with Gasteiger partial charge < -0.3 is 0 Å². The number of pyridine rings is 2. The molecule has 0 spiro atoms. The Morgan fingerprint density at radius 1 is 0.618 bits per heavy atom. The second kappa shape index (κ2) is 20.7. The van der Waals surface area contributed by atoms with Crippen LogP contribution in [0.25, 0.3) is 0 Å². The van der Waals surface area contributed by atoms with E-state index in [0.717, 1.165) is 12.8 Å². The molecule has 0 saturated carbocycles. The van der Waals surface area contributed by atoms with Crippen LogP contribution < -0.4 is 9.13 Å². The van der Waals surface area contributed by atoms with Gasteiger partial charge in [0, 0.05) is 43.5 Å². The van der Waals surface area contributed by atoms with Crippen molar-refractivity contribution in [1.82, 2.24) is 0 Å². The van der Waals surface area contributed by atoms with E-state index >= 15 is 0 Å². The lowest BCUT2D eigenvalue weighted by molar-refractivity contribution is -0.704. The normalized spacial score (nSPS) is 10.7. The molecular formula is C32H56N2+2. The molecule has 0 N–H and O–H groups in total. The molecule has 0 amide bonds. The molecule has 0 bridgehead atoms. The Morgan fingerprint density at radius 3 is 1.68 bits per heavy atom. The Kier molecular flexibility index (Phi) is 18.4. The van der Waals surface area contributed by atoms with Crippen LogP contribution in [-0.2, 0) is 26.4 Å². The first-order chi connectivity index (χ1) is 16.6. The molecular weight excluding hydrogens is 412 g/mol. The van der Waals surface area contributed by atoms with Gasteiger partial charge in [-0.15, -0.1) is 0 Å². The zero-order chi connectivity index (χ0) is 24.9. The number of aryl methyl sites for hydroxylation is 5. The topological polar surface area (TPSA) is 7.76 Å². The lowest BCUT2D eigenvalue weighted by Gasteiger charge is -2.04. The van der Waals surface area contributed by atoms with Crippen molar-refractivity contribution in [2.24, 2.45) is 7.05 Å². The Bertz CT molecular complexity index is 738. The summed E-state index contributed by atoms with van der Waals surface area (Å²) in [5, 5.41) is 0. The average Bonchev–Trinajstić information content (AvgIpc) is 2.86. The van der Waals surface area contributed by atoms with Crippen LogP contribution in [0.2, 0.25) is 0 Å². The van der Waals surface area contributed by atoms with Crippen molar-refractivity contribution in [3.63, 3.8) is 0 Å². The van der Waals surface area contributed by atoms with E-state index < -0.39 is 0 Å². The maximum absolute atomic E-state index is 2.43. The summed E-state index contributed by atoms with van der Waals surface area (Å²) in [5.41, 5.74) is 4.16. The summed E-state index contributed by atoms with van der Waals surface area (Å²) in [6, 6.07) is 10.9. The molecule has 0 aromatic carbocycles. The molecule has 2 rings (SSSR count). The third kappa shape index (κ3) is 14.5. The minimum atomic E-state index is 1.12. The predicted molar refractivity (Wildman–Crippen MR) is 148 cm³/mol. The van der Waals surface area contributed by atoms with Gasteiger partial charge >= 0.3 is 0 Å². The van der Waals surface area contributed by atoms with Crippen LogP contribution in [0.5, 0.6) is 0 Å². The van der Waals surface area contributed by atoms with Gasteiger partial charge in [0.2, 0.25) is 0 Å². The first-order valence-electron chi connectivity index (χ1n) is 14.5. The average molecular weight is 469 g/mol. The van der Waals surface area contributed by atoms with E-state index in [1.807, 2.05) is 0 Å². The molecule has 0 unspecified atom stereocenters. The Morgan fingerprint density at radius 2 is 1.18 bits per heavy atom. The highest BCUT2D eigenvalue weighted by Gasteiger charge is 2.06. The zero-order valence-electron chi connectivity index (χ0n) is 23.5. The Balaban J connectivity index is 0.000000479. The van der Waals surface area contributed by atoms with E-state index in [-0.39, 0.29) is 0 Å². The fourth-order valence-electron chi connectivity index (χ4n) is 4.48. The smallest absolute Gasteiger partial charge is 0.181 e. The van der Waals surface area contributed by atoms with Crippen LogP contribution in [0, 0.1) is 6.92 Å². The lowest BCUT2D eigenvalue weighted by Crippen LogP contribution is -2.37. The highest BCUT2D eigenvalue weighted by atomic mass is 14.9. The molecule has 0 aliphatic rings. The molecule has 2 heteroatoms. The van der Waals surface area contributed by atoms with E-state index in [2.05, 4.69) is 86.6 Å². The minimum absolute atomic E-state index is 1.12. The predicted octanol–water partition coefficient (Wildman–Crippen LogP) is 8.40. The van der Waals surface area contributed by atoms with Crippen LogP contribution >= 0.6 is 0 Å². The van der Waals surface area contributed by atoms with Gasteiger partial charge in [-0.3, -0.25) is 0 Å². The number of rotatable bonds is 17. The number of aromatic nitrogens is 2. The summed E-state index contributed by atoms with van der Waals surface area (Å²) in [6.45, 7) is 10.0. The molecule has 192 valence electrons. The number of hydrogen-bond donors (Lipinski definition) is 0. The van der Waals surface area contributed by atoms with Crippen molar-refractivity contribution < 1.29 is 9.13 Å². The van der Waals surface area contributed by atoms with Crippen LogP contribution in [0.3, 0.4) is 0 Å². The summed E-state index contributed by atoms with van der Waals surface area (Å²) in [6.07, 6.45) is 26.8. The maximum Gasteiger partial charge on any atom is 0.181 e. The second-order valence-corrected chi connectivity index (χ2v) is 9.98. The number of hydrogen-bond acceptors (Lipinski definition) is 0. The Labute approximate surface area is 212 Å². The van der Waals surface area contributed by atoms with Crippen molar-refractivity contribution in [3.8, 4) is 0 Å². The molecule has 2 heterocycles. The van der Waals surface area contributed by atoms with Crippen LogP contribution in [-0.4, -0.2) is 0 Å². The van der Waals surface area contributed by atoms with Crippen molar-refractivity contribution in [2.75, 3.05) is 0 Å². The monoisotopic (exact) mass is 468 g/mol. The number of nitrogens with zero attached hydrogens (tertiary/aromatic N) is 2. The van der Waals surface area contributed by atoms with Gasteiger partial charge in [-0.05, 0) is 18.9 Å². The minimum Gasteiger partial charge on any atom is -0.205 e. The number of unbranched alkanes of at least 4 members (excludes halogenated alkanes) is 13. The van der Waals surface area contributed by atoms with Gasteiger partial charge in [0.25, 0.3) is 0 Å². The summed E-state index contributed by atoms with van der Waals surface area (Å²) in [5.74, 6) is 0. The van der Waals surface area contributed by atoms with Crippen molar-refractivity contribution in [2.45, 2.75) is 137 Å². The standard InChI is InChI=1S/C23H42N.C9H14N/c1-3-5-6-7-8-9-10-11-12-13-14-15-16-18-21-24-22-19-17-20-23(24)4-2;1-4-9-6-5-8(2)10(3)7-9/h17,19-20,22H,3-16,18,21H2,1-2H3;5-7H,4H2,1-3H3/q2*+1. The first kappa shape index (κ1) is 30.3. The van der Waals surface area contributed by atoms with Crippen LogP contribution in [0.4, 0.5) is 0 Å². The SMILES string of the molecule is CCCCCCCCCCCCCCCC[n+]1ccccc1CC.CCc1ccc(C)[n+](C)c1. The van der Waals surface area contributed by atoms with Crippen molar-refractivity contribution in [3.05, 3.63) is 59.7 Å². The maximum atomic E-state index is 2.43. The molecule has 2 aromatic rings. The summed E-state index contributed by atoms with van der Waals surface area (Å²) in [7, 11) is 2.08. The second-order valence-electron chi connectivity index (χ2n) is 9.98.